The average molecular weight is 694 g/mol. The van der Waals surface area contributed by atoms with Gasteiger partial charge in [0.2, 0.25) is 11.0 Å². The first kappa shape index (κ1) is 35.5. The summed E-state index contributed by atoms with van der Waals surface area (Å²) in [5.74, 6) is -1.16. The molecule has 2 amide bonds. The molecule has 0 radical (unpaired) electrons. The van der Waals surface area contributed by atoms with E-state index in [1.54, 1.807) is 17.2 Å². The number of ether oxygens (including phenoxy) is 2. The number of allylic oxidation sites excluding steroid dienone is 3. The standard InChI is InChI=1S/C37H48N4O7S/c1-35-17-22(19-38)27(40-24-8-5-7-21(15-24)33(45)41-14-6-9-28(41)32(39)44)16-23(35)10-11-25-26-12-13-37(34(46)49-4,48-30(43)20-47-3)36(26,2)18-29(42)31(25)35/h5,7-8,15-16,19,25-26,28-29,31,38,40,42H,6,9-14,17-18,20H2,1-4H3,(H2,39,44)/p+1/t25-,26?,28+,29-,31?,35-,36-,37-/m0/s1. The summed E-state index contributed by atoms with van der Waals surface area (Å²) in [6, 6.07) is 6.74. The predicted molar refractivity (Wildman–Crippen MR) is 185 cm³/mol. The van der Waals surface area contributed by atoms with Crippen molar-refractivity contribution in [2.24, 2.45) is 34.3 Å². The number of likely N-dealkylation sites (tertiary alicyclic amines) is 1. The molecule has 6 N–H and O–H groups in total. The Balaban J connectivity index is 1.26. The minimum atomic E-state index is -1.32. The maximum atomic E-state index is 13.6. The van der Waals surface area contributed by atoms with E-state index in [2.05, 4.69) is 13.0 Å². The summed E-state index contributed by atoms with van der Waals surface area (Å²) in [6.07, 6.45) is 9.59. The van der Waals surface area contributed by atoms with Gasteiger partial charge in [-0.25, -0.2) is 4.79 Å². The molecule has 0 aromatic heterocycles. The summed E-state index contributed by atoms with van der Waals surface area (Å²) in [7, 11) is 1.42. The molecule has 0 bridgehead atoms. The van der Waals surface area contributed by atoms with E-state index in [0.717, 1.165) is 54.4 Å². The van der Waals surface area contributed by atoms with Crippen LogP contribution in [-0.2, 0) is 23.9 Å². The van der Waals surface area contributed by atoms with E-state index in [1.807, 2.05) is 30.4 Å². The van der Waals surface area contributed by atoms with Crippen molar-refractivity contribution in [2.45, 2.75) is 83.0 Å². The van der Waals surface area contributed by atoms with Gasteiger partial charge in [0.05, 0.1) is 6.10 Å². The van der Waals surface area contributed by atoms with Crippen LogP contribution in [0, 0.1) is 34.0 Å². The zero-order valence-corrected chi connectivity index (χ0v) is 29.6. The highest BCUT2D eigenvalue weighted by molar-refractivity contribution is 8.13. The number of benzene rings is 1. The molecule has 49 heavy (non-hydrogen) atoms. The lowest BCUT2D eigenvalue weighted by Gasteiger charge is -2.60. The molecule has 0 spiro atoms. The molecule has 1 aromatic carbocycles. The molecule has 1 aliphatic heterocycles. The number of esters is 1. The molecular weight excluding hydrogens is 644 g/mol. The Bertz CT molecular complexity index is 1630. The van der Waals surface area contributed by atoms with Crippen LogP contribution >= 0.6 is 11.8 Å². The summed E-state index contributed by atoms with van der Waals surface area (Å²) in [5, 5.41) is 22.3. The number of methoxy groups -OCH3 is 1. The molecule has 4 fully saturated rings. The van der Waals surface area contributed by atoms with Crippen LogP contribution in [0.25, 0.3) is 0 Å². The molecule has 6 rings (SSSR count). The van der Waals surface area contributed by atoms with Gasteiger partial charge in [-0.1, -0.05) is 37.2 Å². The van der Waals surface area contributed by atoms with Crippen molar-refractivity contribution in [1.82, 2.24) is 4.90 Å². The molecule has 1 aromatic rings. The first-order valence-corrected chi connectivity index (χ1v) is 18.5. The van der Waals surface area contributed by atoms with Gasteiger partial charge in [-0.05, 0) is 99.0 Å². The van der Waals surface area contributed by atoms with Crippen molar-refractivity contribution < 1.29 is 39.1 Å². The zero-order chi connectivity index (χ0) is 35.3. The van der Waals surface area contributed by atoms with Gasteiger partial charge >= 0.3 is 5.97 Å². The fourth-order valence-corrected chi connectivity index (χ4v) is 11.1. The number of nitrogens with two attached hydrogens (primary N) is 2. The molecule has 264 valence electrons. The smallest absolute Gasteiger partial charge is 0.333 e. The van der Waals surface area contributed by atoms with Gasteiger partial charge in [-0.15, -0.1) is 0 Å². The lowest BCUT2D eigenvalue weighted by atomic mass is 9.45. The molecule has 4 aliphatic carbocycles. The van der Waals surface area contributed by atoms with Gasteiger partial charge < -0.3 is 30.6 Å². The second kappa shape index (κ2) is 13.4. The summed E-state index contributed by atoms with van der Waals surface area (Å²) < 4.78 is 11.1. The molecule has 5 aliphatic rings. The lowest BCUT2D eigenvalue weighted by Crippen LogP contribution is -2.76. The number of aliphatic hydroxyl groups is 1. The van der Waals surface area contributed by atoms with Crippen LogP contribution in [0.15, 0.2) is 47.2 Å². The summed E-state index contributed by atoms with van der Waals surface area (Å²) in [6.45, 7) is 4.49. The van der Waals surface area contributed by atoms with Crippen molar-refractivity contribution in [3.8, 4) is 0 Å². The van der Waals surface area contributed by atoms with Crippen LogP contribution in [0.2, 0.25) is 0 Å². The Kier molecular flexibility index (Phi) is 9.73. The molecule has 12 heteroatoms. The van der Waals surface area contributed by atoms with Gasteiger partial charge in [0.1, 0.15) is 24.0 Å². The fraction of sp³-hybridized carbons (Fsp3) is 0.595. The van der Waals surface area contributed by atoms with E-state index in [-0.39, 0.29) is 35.4 Å². The highest BCUT2D eigenvalue weighted by Gasteiger charge is 2.70. The third kappa shape index (κ3) is 5.78. The number of rotatable bonds is 9. The number of thioether (sulfide) groups is 1. The lowest BCUT2D eigenvalue weighted by molar-refractivity contribution is -0.513. The first-order chi connectivity index (χ1) is 23.3. The monoisotopic (exact) mass is 693 g/mol. The fourth-order valence-electron chi connectivity index (χ4n) is 10.4. The number of amides is 2. The van der Waals surface area contributed by atoms with E-state index < -0.39 is 40.5 Å². The third-order valence-electron chi connectivity index (χ3n) is 12.6. The first-order valence-electron chi connectivity index (χ1n) is 17.3. The second-order valence-corrected chi connectivity index (χ2v) is 15.8. The predicted octanol–water partition coefficient (Wildman–Crippen LogP) is 3.24. The molecule has 1 saturated heterocycles. The van der Waals surface area contributed by atoms with Crippen molar-refractivity contribution in [1.29, 1.82) is 5.41 Å². The second-order valence-electron chi connectivity index (χ2n) is 15.0. The van der Waals surface area contributed by atoms with E-state index in [9.17, 15) is 24.3 Å². The van der Waals surface area contributed by atoms with Crippen LogP contribution in [0.3, 0.4) is 0 Å². The number of primary amides is 1. The van der Waals surface area contributed by atoms with Gasteiger partial charge in [0, 0.05) is 42.5 Å². The number of nitrogens with one attached hydrogen (secondary N) is 1. The number of quaternary nitrogens is 1. The normalized spacial score (nSPS) is 35.2. The number of aliphatic hydroxyl groups excluding tert-OH is 1. The Hall–Kier alpha value is -3.32. The van der Waals surface area contributed by atoms with E-state index in [1.165, 1.54) is 18.9 Å². The van der Waals surface area contributed by atoms with Crippen molar-refractivity contribution >= 4 is 46.6 Å². The highest BCUT2D eigenvalue weighted by atomic mass is 32.2. The molecule has 2 unspecified atom stereocenters. The van der Waals surface area contributed by atoms with Gasteiger partial charge in [0.25, 0.3) is 5.91 Å². The molecule has 3 saturated carbocycles. The number of nitrogens with zero attached hydrogens (tertiary/aromatic N) is 1. The van der Waals surface area contributed by atoms with Crippen molar-refractivity contribution in [3.63, 3.8) is 0 Å². The van der Waals surface area contributed by atoms with Gasteiger partial charge in [-0.2, -0.15) is 0 Å². The minimum Gasteiger partial charge on any atom is -0.448 e. The Morgan fingerprint density at radius 3 is 2.67 bits per heavy atom. The number of hydrogen-bond acceptors (Lipinski definition) is 9. The summed E-state index contributed by atoms with van der Waals surface area (Å²) in [4.78, 5) is 53.3. The topological polar surface area (TPSA) is 177 Å². The van der Waals surface area contributed by atoms with Crippen LogP contribution in [-0.4, -0.2) is 83.4 Å². The average Bonchev–Trinajstić information content (AvgIpc) is 3.67. The Labute approximate surface area is 291 Å². The van der Waals surface area contributed by atoms with Crippen molar-refractivity contribution in [2.75, 3.05) is 26.5 Å². The molecule has 1 heterocycles. The van der Waals surface area contributed by atoms with Crippen molar-refractivity contribution in [3.05, 3.63) is 52.7 Å². The van der Waals surface area contributed by atoms with Crippen LogP contribution < -0.4 is 11.1 Å². The maximum Gasteiger partial charge on any atom is 0.333 e. The molecule has 11 nitrogen and oxygen atoms in total. The van der Waals surface area contributed by atoms with Gasteiger partial charge in [-0.3, -0.25) is 19.7 Å². The van der Waals surface area contributed by atoms with Crippen LogP contribution in [0.5, 0.6) is 0 Å². The van der Waals surface area contributed by atoms with Crippen LogP contribution in [0.1, 0.15) is 75.6 Å². The number of carbonyl (C=O) groups excluding carboxylic acids is 4. The maximum absolute atomic E-state index is 13.6. The van der Waals surface area contributed by atoms with E-state index in [0.29, 0.717) is 37.8 Å². The highest BCUT2D eigenvalue weighted by Crippen LogP contribution is 2.69. The van der Waals surface area contributed by atoms with E-state index in [4.69, 9.17) is 20.6 Å². The number of hydrogen-bond donors (Lipinski definition) is 4. The van der Waals surface area contributed by atoms with Gasteiger partial charge in [0.15, 0.2) is 5.60 Å². The summed E-state index contributed by atoms with van der Waals surface area (Å²) in [5.41, 5.74) is 7.42. The largest absolute Gasteiger partial charge is 0.448 e. The molecule has 8 atom stereocenters. The van der Waals surface area contributed by atoms with Crippen LogP contribution in [0.4, 0.5) is 5.69 Å². The SMILES string of the molecule is COCC(=O)O[C@]1(C(=O)SC)CCC2[C@@H]3CCC4=CC([NH2+]c5cccc(C(=O)N6CCC[C@@H]6C(N)=O)c5)=C(C=N)C[C@]4(C)C3[C@@H](O)C[C@@]21C. The number of fused-ring (bicyclic) bond motifs is 5. The van der Waals surface area contributed by atoms with E-state index >= 15 is 0 Å². The quantitative estimate of drug-likeness (QED) is 0.173. The Morgan fingerprint density at radius 2 is 1.98 bits per heavy atom. The summed E-state index contributed by atoms with van der Waals surface area (Å²) >= 11 is 1.08. The minimum absolute atomic E-state index is 0.0798. The third-order valence-corrected chi connectivity index (χ3v) is 13.3. The molecular formula is C37H49N4O7S+. The zero-order valence-electron chi connectivity index (χ0n) is 28.8. The Morgan fingerprint density at radius 1 is 1.20 bits per heavy atom. The number of carbonyl (C=O) groups is 4.